The lowest BCUT2D eigenvalue weighted by atomic mass is 10.0. The van der Waals surface area contributed by atoms with Crippen LogP contribution in [0.4, 0.5) is 14.5 Å². The second kappa shape index (κ2) is 10.6. The average molecular weight is 480 g/mol. The van der Waals surface area contributed by atoms with E-state index in [1.165, 1.54) is 24.3 Å². The Labute approximate surface area is 194 Å². The molecule has 9 heteroatoms. The van der Waals surface area contributed by atoms with Crippen LogP contribution in [0.1, 0.15) is 32.3 Å². The van der Waals surface area contributed by atoms with Crippen LogP contribution in [0, 0.1) is 30.4 Å². The number of carbonyl (C=O) groups is 1. The van der Waals surface area contributed by atoms with Crippen molar-refractivity contribution in [2.45, 2.75) is 44.6 Å². The summed E-state index contributed by atoms with van der Waals surface area (Å²) in [6.45, 7) is 7.36. The third kappa shape index (κ3) is 6.74. The number of nitrogens with one attached hydrogen (secondary N) is 2. The Kier molecular flexibility index (Phi) is 8.07. The maximum atomic E-state index is 13.5. The van der Waals surface area contributed by atoms with E-state index in [2.05, 4.69) is 10.0 Å². The van der Waals surface area contributed by atoms with Crippen LogP contribution >= 0.6 is 0 Å². The summed E-state index contributed by atoms with van der Waals surface area (Å²) in [6.07, 6.45) is 1.14. The second-order valence-electron chi connectivity index (χ2n) is 9.06. The molecule has 1 fully saturated rings. The van der Waals surface area contributed by atoms with Crippen LogP contribution in [0.5, 0.6) is 0 Å². The standard InChI is InChI=1S/C24H31F2N3O3S/c1-16(2)12-23(28-33(31,32)20-7-4-17(3)5-8-20)24(30)27-14-18-10-11-29(15-18)19-6-9-21(25)22(26)13-19/h4-9,13,16,18,23,28H,10-12,14-15H2,1-3H3,(H,27,30). The van der Waals surface area contributed by atoms with E-state index in [1.807, 2.05) is 25.7 Å². The average Bonchev–Trinajstić information content (AvgIpc) is 3.22. The minimum atomic E-state index is -3.84. The smallest absolute Gasteiger partial charge is 0.241 e. The molecule has 0 bridgehead atoms. The largest absolute Gasteiger partial charge is 0.371 e. The lowest BCUT2D eigenvalue weighted by Gasteiger charge is -2.22. The van der Waals surface area contributed by atoms with Crippen LogP contribution in [0.15, 0.2) is 47.4 Å². The van der Waals surface area contributed by atoms with Gasteiger partial charge < -0.3 is 10.2 Å². The first-order chi connectivity index (χ1) is 15.5. The van der Waals surface area contributed by atoms with Gasteiger partial charge in [-0.3, -0.25) is 4.79 Å². The summed E-state index contributed by atoms with van der Waals surface area (Å²) < 4.78 is 54.9. The molecule has 1 aliphatic heterocycles. The summed E-state index contributed by atoms with van der Waals surface area (Å²) in [4.78, 5) is 15.0. The summed E-state index contributed by atoms with van der Waals surface area (Å²) in [6, 6.07) is 9.40. The van der Waals surface area contributed by atoms with Gasteiger partial charge in [0.15, 0.2) is 11.6 Å². The summed E-state index contributed by atoms with van der Waals surface area (Å²) >= 11 is 0. The van der Waals surface area contributed by atoms with Gasteiger partial charge in [-0.2, -0.15) is 4.72 Å². The maximum absolute atomic E-state index is 13.5. The molecule has 180 valence electrons. The summed E-state index contributed by atoms with van der Waals surface area (Å²) in [5.41, 5.74) is 1.55. The van der Waals surface area contributed by atoms with Crippen molar-refractivity contribution in [2.75, 3.05) is 24.5 Å². The molecule has 0 aliphatic carbocycles. The highest BCUT2D eigenvalue weighted by Gasteiger charge is 2.28. The zero-order chi connectivity index (χ0) is 24.2. The Balaban J connectivity index is 1.60. The number of rotatable bonds is 9. The van der Waals surface area contributed by atoms with Crippen LogP contribution in [0.3, 0.4) is 0 Å². The van der Waals surface area contributed by atoms with Gasteiger partial charge in [-0.05, 0) is 55.9 Å². The number of aryl methyl sites for hydroxylation is 1. The van der Waals surface area contributed by atoms with E-state index in [4.69, 9.17) is 0 Å². The topological polar surface area (TPSA) is 78.5 Å². The van der Waals surface area contributed by atoms with Gasteiger partial charge in [-0.15, -0.1) is 0 Å². The monoisotopic (exact) mass is 479 g/mol. The summed E-state index contributed by atoms with van der Waals surface area (Å²) in [7, 11) is -3.84. The molecule has 2 unspecified atom stereocenters. The van der Waals surface area contributed by atoms with Gasteiger partial charge in [-0.25, -0.2) is 17.2 Å². The van der Waals surface area contributed by atoms with Crippen molar-refractivity contribution in [3.63, 3.8) is 0 Å². The zero-order valence-corrected chi connectivity index (χ0v) is 20.0. The van der Waals surface area contributed by atoms with Crippen molar-refractivity contribution in [3.05, 3.63) is 59.7 Å². The van der Waals surface area contributed by atoms with Crippen molar-refractivity contribution in [3.8, 4) is 0 Å². The number of hydrogen-bond donors (Lipinski definition) is 2. The number of hydrogen-bond acceptors (Lipinski definition) is 4. The summed E-state index contributed by atoms with van der Waals surface area (Å²) in [5.74, 6) is -1.91. The lowest BCUT2D eigenvalue weighted by molar-refractivity contribution is -0.123. The molecular weight excluding hydrogens is 448 g/mol. The van der Waals surface area contributed by atoms with Crippen LogP contribution in [0.25, 0.3) is 0 Å². The molecule has 2 aromatic rings. The molecule has 1 aliphatic rings. The third-order valence-corrected chi connectivity index (χ3v) is 7.26. The molecule has 0 spiro atoms. The van der Waals surface area contributed by atoms with E-state index >= 15 is 0 Å². The normalized spacial score (nSPS) is 17.4. The molecule has 1 saturated heterocycles. The van der Waals surface area contributed by atoms with Gasteiger partial charge in [0.25, 0.3) is 0 Å². The van der Waals surface area contributed by atoms with E-state index in [0.717, 1.165) is 18.1 Å². The van der Waals surface area contributed by atoms with Gasteiger partial charge in [-0.1, -0.05) is 31.5 Å². The molecule has 0 saturated carbocycles. The Morgan fingerprint density at radius 2 is 1.82 bits per heavy atom. The molecule has 1 heterocycles. The van der Waals surface area contributed by atoms with E-state index in [1.54, 1.807) is 12.1 Å². The molecule has 0 radical (unpaired) electrons. The van der Waals surface area contributed by atoms with Gasteiger partial charge in [0.05, 0.1) is 4.90 Å². The van der Waals surface area contributed by atoms with E-state index < -0.39 is 27.7 Å². The van der Waals surface area contributed by atoms with Gasteiger partial charge in [0.2, 0.25) is 15.9 Å². The number of halogens is 2. The number of nitrogens with zero attached hydrogens (tertiary/aromatic N) is 1. The number of benzene rings is 2. The molecule has 2 atom stereocenters. The van der Waals surface area contributed by atoms with Gasteiger partial charge in [0, 0.05) is 31.4 Å². The Hall–Kier alpha value is -2.52. The highest BCUT2D eigenvalue weighted by molar-refractivity contribution is 7.89. The van der Waals surface area contributed by atoms with Crippen LogP contribution in [-0.4, -0.2) is 40.0 Å². The first-order valence-electron chi connectivity index (χ1n) is 11.1. The zero-order valence-electron chi connectivity index (χ0n) is 19.1. The Bertz CT molecular complexity index is 1070. The molecule has 6 nitrogen and oxygen atoms in total. The van der Waals surface area contributed by atoms with E-state index in [9.17, 15) is 22.0 Å². The van der Waals surface area contributed by atoms with Crippen molar-refractivity contribution in [2.24, 2.45) is 11.8 Å². The first-order valence-corrected chi connectivity index (χ1v) is 12.6. The molecular formula is C24H31F2N3O3S. The minimum absolute atomic E-state index is 0.108. The minimum Gasteiger partial charge on any atom is -0.371 e. The van der Waals surface area contributed by atoms with Crippen molar-refractivity contribution in [1.82, 2.24) is 10.0 Å². The fourth-order valence-corrected chi connectivity index (χ4v) is 5.14. The van der Waals surface area contributed by atoms with E-state index in [-0.39, 0.29) is 22.6 Å². The third-order valence-electron chi connectivity index (χ3n) is 5.77. The van der Waals surface area contributed by atoms with Gasteiger partial charge >= 0.3 is 0 Å². The molecule has 0 aromatic heterocycles. The lowest BCUT2D eigenvalue weighted by Crippen LogP contribution is -2.48. The van der Waals surface area contributed by atoms with E-state index in [0.29, 0.717) is 31.7 Å². The van der Waals surface area contributed by atoms with Crippen molar-refractivity contribution in [1.29, 1.82) is 0 Å². The van der Waals surface area contributed by atoms with Crippen LogP contribution < -0.4 is 14.9 Å². The second-order valence-corrected chi connectivity index (χ2v) is 10.8. The SMILES string of the molecule is Cc1ccc(S(=O)(=O)NC(CC(C)C)C(=O)NCC2CCN(c3ccc(F)c(F)c3)C2)cc1. The highest BCUT2D eigenvalue weighted by Crippen LogP contribution is 2.25. The number of sulfonamides is 1. The fourth-order valence-electron chi connectivity index (χ4n) is 3.94. The first kappa shape index (κ1) is 25.1. The number of amides is 1. The van der Waals surface area contributed by atoms with Crippen molar-refractivity contribution < 1.29 is 22.0 Å². The number of carbonyl (C=O) groups excluding carboxylic acids is 1. The quantitative estimate of drug-likeness (QED) is 0.576. The predicted molar refractivity (Wildman–Crippen MR) is 124 cm³/mol. The van der Waals surface area contributed by atoms with Crippen LogP contribution in [-0.2, 0) is 14.8 Å². The fraction of sp³-hybridized carbons (Fsp3) is 0.458. The van der Waals surface area contributed by atoms with Gasteiger partial charge in [0.1, 0.15) is 6.04 Å². The Morgan fingerprint density at radius 1 is 1.12 bits per heavy atom. The Morgan fingerprint density at radius 3 is 2.45 bits per heavy atom. The molecule has 1 amide bonds. The number of anilines is 1. The molecule has 2 N–H and O–H groups in total. The van der Waals surface area contributed by atoms with Crippen LogP contribution in [0.2, 0.25) is 0 Å². The highest BCUT2D eigenvalue weighted by atomic mass is 32.2. The molecule has 3 rings (SSSR count). The van der Waals surface area contributed by atoms with Crippen molar-refractivity contribution >= 4 is 21.6 Å². The summed E-state index contributed by atoms with van der Waals surface area (Å²) in [5, 5.41) is 2.88. The molecule has 33 heavy (non-hydrogen) atoms. The predicted octanol–water partition coefficient (Wildman–Crippen LogP) is 3.61. The maximum Gasteiger partial charge on any atom is 0.241 e. The molecule has 2 aromatic carbocycles.